The Bertz CT molecular complexity index is 813. The Labute approximate surface area is 119 Å². The zero-order valence-electron chi connectivity index (χ0n) is 10.9. The lowest BCUT2D eigenvalue weighted by Crippen LogP contribution is -2.00. The van der Waals surface area contributed by atoms with Crippen molar-refractivity contribution in [2.75, 3.05) is 0 Å². The highest BCUT2D eigenvalue weighted by Crippen LogP contribution is 2.26. The number of carbonyl (C=O) groups is 1. The minimum atomic E-state index is -0.995. The molecule has 0 amide bonds. The van der Waals surface area contributed by atoms with Crippen molar-refractivity contribution in [2.24, 2.45) is 5.73 Å². The molecule has 7 heteroatoms. The van der Waals surface area contributed by atoms with Crippen molar-refractivity contribution in [1.29, 1.82) is 0 Å². The van der Waals surface area contributed by atoms with Crippen LogP contribution in [0, 0.1) is 0 Å². The van der Waals surface area contributed by atoms with Gasteiger partial charge in [-0.1, -0.05) is 0 Å². The van der Waals surface area contributed by atoms with Gasteiger partial charge >= 0.3 is 5.97 Å². The summed E-state index contributed by atoms with van der Waals surface area (Å²) in [6.45, 7) is 0.291. The molecule has 0 bridgehead atoms. The second-order valence-electron chi connectivity index (χ2n) is 4.37. The Hall–Kier alpha value is -2.93. The third-order valence-electron chi connectivity index (χ3n) is 3.01. The van der Waals surface area contributed by atoms with E-state index in [9.17, 15) is 4.79 Å². The molecule has 1 aromatic carbocycles. The lowest BCUT2D eigenvalue weighted by molar-refractivity contribution is 0.0699. The van der Waals surface area contributed by atoms with E-state index < -0.39 is 5.97 Å². The fraction of sp³-hybridized carbons (Fsp3) is 0.0714. The average molecular weight is 284 g/mol. The SMILES string of the molecule is NCc1cc(Oc2ccc3[nH]cc(C(=O)O)c3c2)ncn1. The predicted molar refractivity (Wildman–Crippen MR) is 75.3 cm³/mol. The van der Waals surface area contributed by atoms with Crippen molar-refractivity contribution in [3.05, 3.63) is 48.0 Å². The highest BCUT2D eigenvalue weighted by atomic mass is 16.5. The Morgan fingerprint density at radius 3 is 2.95 bits per heavy atom. The largest absolute Gasteiger partial charge is 0.478 e. The van der Waals surface area contributed by atoms with Crippen molar-refractivity contribution in [1.82, 2.24) is 15.0 Å². The fourth-order valence-electron chi connectivity index (χ4n) is 2.01. The first-order chi connectivity index (χ1) is 10.2. The second kappa shape index (κ2) is 5.22. The number of hydrogen-bond acceptors (Lipinski definition) is 5. The summed E-state index contributed by atoms with van der Waals surface area (Å²) in [6, 6.07) is 6.77. The average Bonchev–Trinajstić information content (AvgIpc) is 2.91. The van der Waals surface area contributed by atoms with Crippen LogP contribution in [0.25, 0.3) is 10.9 Å². The molecule has 3 rings (SSSR count). The number of aromatic nitrogens is 3. The molecule has 106 valence electrons. The lowest BCUT2D eigenvalue weighted by atomic mass is 10.1. The molecule has 0 aliphatic heterocycles. The Morgan fingerprint density at radius 1 is 1.33 bits per heavy atom. The van der Waals surface area contributed by atoms with Crippen LogP contribution >= 0.6 is 0 Å². The zero-order valence-corrected chi connectivity index (χ0v) is 10.9. The summed E-state index contributed by atoms with van der Waals surface area (Å²) in [5.74, 6) is -0.144. The first-order valence-corrected chi connectivity index (χ1v) is 6.20. The number of hydrogen-bond donors (Lipinski definition) is 3. The van der Waals surface area contributed by atoms with Crippen LogP contribution < -0.4 is 10.5 Å². The lowest BCUT2D eigenvalue weighted by Gasteiger charge is -2.05. The van der Waals surface area contributed by atoms with E-state index in [-0.39, 0.29) is 5.56 Å². The van der Waals surface area contributed by atoms with Gasteiger partial charge in [0.05, 0.1) is 11.3 Å². The van der Waals surface area contributed by atoms with Crippen molar-refractivity contribution in [3.8, 4) is 11.6 Å². The number of fused-ring (bicyclic) bond motifs is 1. The summed E-state index contributed by atoms with van der Waals surface area (Å²) in [7, 11) is 0. The molecule has 3 aromatic rings. The van der Waals surface area contributed by atoms with Gasteiger partial charge in [0.25, 0.3) is 0 Å². The number of nitrogens with one attached hydrogen (secondary N) is 1. The molecular weight excluding hydrogens is 272 g/mol. The number of aromatic amines is 1. The summed E-state index contributed by atoms with van der Waals surface area (Å²) < 4.78 is 5.62. The number of benzene rings is 1. The van der Waals surface area contributed by atoms with E-state index in [0.717, 1.165) is 5.52 Å². The molecule has 2 aromatic heterocycles. The quantitative estimate of drug-likeness (QED) is 0.674. The summed E-state index contributed by atoms with van der Waals surface area (Å²) in [4.78, 5) is 22.0. The summed E-state index contributed by atoms with van der Waals surface area (Å²) in [5.41, 5.74) is 7.09. The number of aromatic carboxylic acids is 1. The first-order valence-electron chi connectivity index (χ1n) is 6.20. The molecule has 0 saturated heterocycles. The zero-order chi connectivity index (χ0) is 14.8. The molecule has 0 spiro atoms. The molecule has 0 unspecified atom stereocenters. The monoisotopic (exact) mass is 284 g/mol. The summed E-state index contributed by atoms with van der Waals surface area (Å²) in [5, 5.41) is 9.70. The van der Waals surface area contributed by atoms with E-state index in [4.69, 9.17) is 15.6 Å². The second-order valence-corrected chi connectivity index (χ2v) is 4.37. The smallest absolute Gasteiger partial charge is 0.337 e. The third kappa shape index (κ3) is 2.54. The van der Waals surface area contributed by atoms with Gasteiger partial charge in [-0.25, -0.2) is 14.8 Å². The summed E-state index contributed by atoms with van der Waals surface area (Å²) in [6.07, 6.45) is 2.82. The van der Waals surface area contributed by atoms with Crippen molar-refractivity contribution in [3.63, 3.8) is 0 Å². The summed E-state index contributed by atoms with van der Waals surface area (Å²) >= 11 is 0. The van der Waals surface area contributed by atoms with Crippen LogP contribution in [0.1, 0.15) is 16.1 Å². The number of ether oxygens (including phenoxy) is 1. The molecular formula is C14H12N4O3. The number of rotatable bonds is 4. The van der Waals surface area contributed by atoms with Gasteiger partial charge in [0, 0.05) is 29.7 Å². The van der Waals surface area contributed by atoms with Gasteiger partial charge in [0.1, 0.15) is 12.1 Å². The molecule has 0 radical (unpaired) electrons. The van der Waals surface area contributed by atoms with Gasteiger partial charge in [-0.3, -0.25) is 0 Å². The maximum absolute atomic E-state index is 11.1. The number of carboxylic acid groups (broad SMARTS) is 1. The van der Waals surface area contributed by atoms with Gasteiger partial charge in [-0.15, -0.1) is 0 Å². The van der Waals surface area contributed by atoms with Crippen LogP contribution in [0.5, 0.6) is 11.6 Å². The Morgan fingerprint density at radius 2 is 2.19 bits per heavy atom. The first kappa shape index (κ1) is 13.1. The highest BCUT2D eigenvalue weighted by Gasteiger charge is 2.11. The van der Waals surface area contributed by atoms with Crippen LogP contribution in [-0.4, -0.2) is 26.0 Å². The molecule has 21 heavy (non-hydrogen) atoms. The van der Waals surface area contributed by atoms with Crippen molar-refractivity contribution < 1.29 is 14.6 Å². The van der Waals surface area contributed by atoms with Crippen LogP contribution in [0.3, 0.4) is 0 Å². The molecule has 0 aliphatic rings. The number of nitrogens with zero attached hydrogens (tertiary/aromatic N) is 2. The van der Waals surface area contributed by atoms with Crippen molar-refractivity contribution >= 4 is 16.9 Å². The van der Waals surface area contributed by atoms with E-state index in [1.165, 1.54) is 12.5 Å². The molecule has 0 atom stereocenters. The van der Waals surface area contributed by atoms with E-state index in [1.54, 1.807) is 24.3 Å². The highest BCUT2D eigenvalue weighted by molar-refractivity contribution is 6.03. The van der Waals surface area contributed by atoms with Gasteiger partial charge < -0.3 is 20.6 Å². The van der Waals surface area contributed by atoms with Crippen molar-refractivity contribution in [2.45, 2.75) is 6.54 Å². The number of H-pyrrole nitrogens is 1. The van der Waals surface area contributed by atoms with Crippen LogP contribution in [0.2, 0.25) is 0 Å². The predicted octanol–water partition coefficient (Wildman–Crippen LogP) is 1.91. The fourth-order valence-corrected chi connectivity index (χ4v) is 2.01. The van der Waals surface area contributed by atoms with Gasteiger partial charge in [0.15, 0.2) is 0 Å². The molecule has 4 N–H and O–H groups in total. The minimum Gasteiger partial charge on any atom is -0.478 e. The van der Waals surface area contributed by atoms with Gasteiger partial charge in [-0.2, -0.15) is 0 Å². The molecule has 2 heterocycles. The van der Waals surface area contributed by atoms with E-state index in [1.807, 2.05) is 0 Å². The van der Waals surface area contributed by atoms with E-state index in [2.05, 4.69) is 15.0 Å². The van der Waals surface area contributed by atoms with E-state index in [0.29, 0.717) is 29.3 Å². The molecule has 0 saturated carbocycles. The van der Waals surface area contributed by atoms with Crippen LogP contribution in [-0.2, 0) is 6.54 Å². The van der Waals surface area contributed by atoms with E-state index >= 15 is 0 Å². The van der Waals surface area contributed by atoms with Gasteiger partial charge in [-0.05, 0) is 18.2 Å². The number of carboxylic acids is 1. The Balaban J connectivity index is 1.96. The minimum absolute atomic E-state index is 0.195. The normalized spacial score (nSPS) is 10.7. The third-order valence-corrected chi connectivity index (χ3v) is 3.01. The topological polar surface area (TPSA) is 114 Å². The maximum atomic E-state index is 11.1. The Kier molecular flexibility index (Phi) is 3.25. The maximum Gasteiger partial charge on any atom is 0.337 e. The molecule has 0 fully saturated rings. The van der Waals surface area contributed by atoms with Gasteiger partial charge in [0.2, 0.25) is 5.88 Å². The number of nitrogens with two attached hydrogens (primary N) is 1. The standard InChI is InChI=1S/C14H12N4O3/c15-5-8-3-13(18-7-17-8)21-9-1-2-12-10(4-9)11(6-16-12)14(19)20/h1-4,6-7,16H,5,15H2,(H,19,20). The van der Waals surface area contributed by atoms with Crippen LogP contribution in [0.4, 0.5) is 0 Å². The molecule has 0 aliphatic carbocycles. The van der Waals surface area contributed by atoms with Crippen LogP contribution in [0.15, 0.2) is 36.8 Å². The molecule has 7 nitrogen and oxygen atoms in total.